The van der Waals surface area contributed by atoms with Crippen LogP contribution in [0.15, 0.2) is 116 Å². The molecule has 4 heteroatoms. The van der Waals surface area contributed by atoms with Crippen LogP contribution in [0.4, 0.5) is 11.4 Å². The van der Waals surface area contributed by atoms with Crippen LogP contribution in [0.5, 0.6) is 0 Å². The van der Waals surface area contributed by atoms with Gasteiger partial charge in [-0.15, -0.1) is 5.73 Å². The quantitative estimate of drug-likeness (QED) is 0.273. The van der Waals surface area contributed by atoms with Crippen LogP contribution in [-0.2, 0) is 6.54 Å². The molecule has 3 aromatic rings. The van der Waals surface area contributed by atoms with E-state index in [2.05, 4.69) is 120 Å². The number of nitrogens with zero attached hydrogens (tertiary/aromatic N) is 4. The summed E-state index contributed by atoms with van der Waals surface area (Å²) in [5.74, 6) is 0. The van der Waals surface area contributed by atoms with Gasteiger partial charge in [0.2, 0.25) is 0 Å². The van der Waals surface area contributed by atoms with Gasteiger partial charge in [0, 0.05) is 62.3 Å². The molecule has 0 unspecified atom stereocenters. The third-order valence-electron chi connectivity index (χ3n) is 7.88. The Bertz CT molecular complexity index is 1520. The molecule has 0 radical (unpaired) electrons. The molecule has 0 aromatic heterocycles. The lowest BCUT2D eigenvalue weighted by molar-refractivity contribution is 0.312. The van der Waals surface area contributed by atoms with Gasteiger partial charge in [-0.2, -0.15) is 0 Å². The van der Waals surface area contributed by atoms with Crippen LogP contribution in [0.1, 0.15) is 16.7 Å². The molecule has 1 aliphatic carbocycles. The van der Waals surface area contributed by atoms with Crippen LogP contribution >= 0.6 is 0 Å². The number of anilines is 2. The highest BCUT2D eigenvalue weighted by atomic mass is 15.3. The maximum absolute atomic E-state index is 4.72. The van der Waals surface area contributed by atoms with Crippen molar-refractivity contribution in [1.82, 2.24) is 9.80 Å². The number of hydrogen-bond donors (Lipinski definition) is 0. The fourth-order valence-corrected chi connectivity index (χ4v) is 5.56. The standard InChI is InChI=1S/C36H40N4/c1-6-39(26-30-14-9-7-8-10-15-30)34-24-28(2)25-35(40-22-20-37(4)21-23-40)36(34)29(3)38(5)27-32-18-13-17-31-16-11-12-19-33(31)32/h6-14,16-19,24-25H,1,3,20-23,26-27H2,2,4-5H3. The molecule has 5 rings (SSSR count). The third kappa shape index (κ3) is 5.99. The minimum Gasteiger partial charge on any atom is -0.370 e. The lowest BCUT2D eigenvalue weighted by Crippen LogP contribution is -2.45. The van der Waals surface area contributed by atoms with Crippen molar-refractivity contribution >= 4 is 27.8 Å². The van der Waals surface area contributed by atoms with Crippen LogP contribution in [0, 0.1) is 6.92 Å². The van der Waals surface area contributed by atoms with Crippen molar-refractivity contribution in [3.8, 4) is 0 Å². The van der Waals surface area contributed by atoms with Crippen molar-refractivity contribution in [2.24, 2.45) is 0 Å². The Morgan fingerprint density at radius 1 is 0.975 bits per heavy atom. The van der Waals surface area contributed by atoms with Crippen LogP contribution < -0.4 is 9.80 Å². The van der Waals surface area contributed by atoms with E-state index in [4.69, 9.17) is 6.58 Å². The average Bonchev–Trinajstić information content (AvgIpc) is 3.24. The van der Waals surface area contributed by atoms with Gasteiger partial charge in [0.25, 0.3) is 0 Å². The fraction of sp³-hybridized carbons (Fsp3) is 0.250. The Kier molecular flexibility index (Phi) is 8.40. The fourth-order valence-electron chi connectivity index (χ4n) is 5.56. The zero-order chi connectivity index (χ0) is 28.1. The van der Waals surface area contributed by atoms with E-state index < -0.39 is 0 Å². The smallest absolute Gasteiger partial charge is 0.0548 e. The van der Waals surface area contributed by atoms with Gasteiger partial charge in [-0.1, -0.05) is 73.9 Å². The van der Waals surface area contributed by atoms with Gasteiger partial charge in [0.1, 0.15) is 0 Å². The zero-order valence-corrected chi connectivity index (χ0v) is 24.1. The summed E-state index contributed by atoms with van der Waals surface area (Å²) in [4.78, 5) is 9.46. The summed E-state index contributed by atoms with van der Waals surface area (Å²) < 4.78 is 0. The molecule has 0 N–H and O–H groups in total. The maximum Gasteiger partial charge on any atom is 0.0548 e. The number of rotatable bonds is 9. The van der Waals surface area contributed by atoms with E-state index in [1.807, 2.05) is 24.4 Å². The number of benzene rings is 3. The lowest BCUT2D eigenvalue weighted by Gasteiger charge is -2.38. The minimum atomic E-state index is 0.678. The van der Waals surface area contributed by atoms with Crippen LogP contribution in [0.25, 0.3) is 16.5 Å². The van der Waals surface area contributed by atoms with Gasteiger partial charge < -0.3 is 19.6 Å². The molecule has 0 amide bonds. The zero-order valence-electron chi connectivity index (χ0n) is 24.1. The molecular weight excluding hydrogens is 488 g/mol. The minimum absolute atomic E-state index is 0.678. The van der Waals surface area contributed by atoms with E-state index in [1.165, 1.54) is 27.6 Å². The topological polar surface area (TPSA) is 13.0 Å². The SMILES string of the molecule is C=CN(CC1=C=CC=CC=C1)c1cc(C)cc(N2CCN(C)CC2)c1C(=C)N(C)Cc1cccc2ccccc12. The maximum atomic E-state index is 4.72. The molecule has 4 nitrogen and oxygen atoms in total. The van der Waals surface area contributed by atoms with Gasteiger partial charge >= 0.3 is 0 Å². The molecule has 0 bridgehead atoms. The van der Waals surface area contributed by atoms with Gasteiger partial charge in [-0.05, 0) is 66.4 Å². The monoisotopic (exact) mass is 528 g/mol. The molecule has 1 aliphatic heterocycles. The molecule has 1 fully saturated rings. The first-order valence-corrected chi connectivity index (χ1v) is 14.1. The first-order valence-electron chi connectivity index (χ1n) is 14.1. The number of likely N-dealkylation sites (N-methyl/N-ethyl adjacent to an activating group) is 1. The van der Waals surface area contributed by atoms with Crippen molar-refractivity contribution in [2.75, 3.05) is 56.6 Å². The number of allylic oxidation sites excluding steroid dienone is 3. The summed E-state index contributed by atoms with van der Waals surface area (Å²) in [5.41, 5.74) is 11.6. The molecule has 40 heavy (non-hydrogen) atoms. The van der Waals surface area contributed by atoms with Crippen LogP contribution in [0.2, 0.25) is 0 Å². The van der Waals surface area contributed by atoms with Crippen molar-refractivity contribution in [1.29, 1.82) is 0 Å². The van der Waals surface area contributed by atoms with Gasteiger partial charge in [0.05, 0.1) is 12.2 Å². The molecule has 0 saturated carbocycles. The van der Waals surface area contributed by atoms with E-state index >= 15 is 0 Å². The highest BCUT2D eigenvalue weighted by molar-refractivity contribution is 5.88. The van der Waals surface area contributed by atoms with E-state index in [0.717, 1.165) is 55.2 Å². The summed E-state index contributed by atoms with van der Waals surface area (Å²) in [6, 6.07) is 19.8. The van der Waals surface area contributed by atoms with Crippen LogP contribution in [0.3, 0.4) is 0 Å². The van der Waals surface area contributed by atoms with E-state index in [1.54, 1.807) is 0 Å². The summed E-state index contributed by atoms with van der Waals surface area (Å²) >= 11 is 0. The van der Waals surface area contributed by atoms with Gasteiger partial charge in [-0.3, -0.25) is 0 Å². The van der Waals surface area contributed by atoms with Crippen molar-refractivity contribution in [3.05, 3.63) is 132 Å². The summed E-state index contributed by atoms with van der Waals surface area (Å²) in [7, 11) is 4.36. The highest BCUT2D eigenvalue weighted by Crippen LogP contribution is 2.39. The predicted molar refractivity (Wildman–Crippen MR) is 173 cm³/mol. The average molecular weight is 529 g/mol. The Balaban J connectivity index is 1.56. The van der Waals surface area contributed by atoms with Crippen molar-refractivity contribution in [3.63, 3.8) is 0 Å². The normalized spacial score (nSPS) is 15.2. The number of fused-ring (bicyclic) bond motifs is 1. The Labute approximate surface area is 239 Å². The first-order chi connectivity index (χ1) is 19.4. The lowest BCUT2D eigenvalue weighted by atomic mass is 9.99. The number of hydrogen-bond acceptors (Lipinski definition) is 4. The first kappa shape index (κ1) is 27.3. The Morgan fingerprint density at radius 2 is 1.75 bits per heavy atom. The molecule has 204 valence electrons. The Morgan fingerprint density at radius 3 is 2.55 bits per heavy atom. The van der Waals surface area contributed by atoms with Gasteiger partial charge in [-0.25, -0.2) is 0 Å². The van der Waals surface area contributed by atoms with E-state index in [0.29, 0.717) is 6.54 Å². The second-order valence-electron chi connectivity index (χ2n) is 10.8. The second-order valence-corrected chi connectivity index (χ2v) is 10.8. The van der Waals surface area contributed by atoms with E-state index in [-0.39, 0.29) is 0 Å². The molecule has 3 aromatic carbocycles. The highest BCUT2D eigenvalue weighted by Gasteiger charge is 2.25. The van der Waals surface area contributed by atoms with Crippen molar-refractivity contribution < 1.29 is 0 Å². The molecular formula is C36H40N4. The summed E-state index contributed by atoms with van der Waals surface area (Å²) in [6.07, 6.45) is 12.1. The van der Waals surface area contributed by atoms with E-state index in [9.17, 15) is 0 Å². The number of piperazine rings is 1. The largest absolute Gasteiger partial charge is 0.370 e. The molecule has 2 aliphatic rings. The third-order valence-corrected chi connectivity index (χ3v) is 7.88. The van der Waals surface area contributed by atoms with Crippen LogP contribution in [-0.4, -0.2) is 56.6 Å². The molecule has 0 atom stereocenters. The second kappa shape index (κ2) is 12.3. The Hall–Kier alpha value is -4.24. The summed E-state index contributed by atoms with van der Waals surface area (Å²) in [6.45, 7) is 16.6. The van der Waals surface area contributed by atoms with Gasteiger partial charge in [0.15, 0.2) is 0 Å². The molecule has 1 saturated heterocycles. The summed E-state index contributed by atoms with van der Waals surface area (Å²) in [5, 5.41) is 2.55. The molecule has 1 heterocycles. The molecule has 0 spiro atoms. The number of aryl methyl sites for hydroxylation is 1. The predicted octanol–water partition coefficient (Wildman–Crippen LogP) is 7.16. The van der Waals surface area contributed by atoms with Crippen molar-refractivity contribution in [2.45, 2.75) is 13.5 Å².